The normalized spacial score (nSPS) is 29.2. The van der Waals surface area contributed by atoms with E-state index in [1.54, 1.807) is 35.9 Å². The molecule has 3 heterocycles. The number of ether oxygens (including phenoxy) is 1. The Balaban J connectivity index is 1.78. The first kappa shape index (κ1) is 29.8. The predicted molar refractivity (Wildman–Crippen MR) is 156 cm³/mol. The standard InChI is InChI=1S/C31H44N4O5/c1-8-18-32(7)27(37)24-25-28(38)35(21(5)20-36)26(31(25)17-16-30(24,6)40-31)29(39)34(19-9-2)23-14-12-22(13-15-23)33(10-3)11-4/h8-9,12-15,21,24-26,36H,1-2,10-11,16-20H2,3-7H3/t21-,24+,25+,26?,30-,31?/m1/s1. The lowest BCUT2D eigenvalue weighted by Gasteiger charge is -2.38. The third kappa shape index (κ3) is 4.53. The van der Waals surface area contributed by atoms with Gasteiger partial charge in [0.15, 0.2) is 0 Å². The number of amides is 3. The van der Waals surface area contributed by atoms with E-state index in [1.807, 2.05) is 31.2 Å². The summed E-state index contributed by atoms with van der Waals surface area (Å²) in [6.45, 7) is 17.4. The van der Waals surface area contributed by atoms with E-state index in [2.05, 4.69) is 31.9 Å². The molecule has 0 radical (unpaired) electrons. The number of rotatable bonds is 12. The van der Waals surface area contributed by atoms with E-state index >= 15 is 0 Å². The number of carbonyl (C=O) groups excluding carboxylic acids is 3. The molecule has 9 nitrogen and oxygen atoms in total. The maximum absolute atomic E-state index is 14.6. The maximum atomic E-state index is 14.6. The molecule has 0 aromatic heterocycles. The number of aliphatic hydroxyl groups excluding tert-OH is 1. The van der Waals surface area contributed by atoms with Crippen molar-refractivity contribution in [1.82, 2.24) is 9.80 Å². The summed E-state index contributed by atoms with van der Waals surface area (Å²) in [5.41, 5.74) is -0.292. The van der Waals surface area contributed by atoms with E-state index < -0.39 is 35.1 Å². The zero-order valence-electron chi connectivity index (χ0n) is 24.5. The van der Waals surface area contributed by atoms with Gasteiger partial charge in [-0.3, -0.25) is 14.4 Å². The molecule has 3 amide bonds. The van der Waals surface area contributed by atoms with Gasteiger partial charge in [-0.05, 0) is 64.8 Å². The summed E-state index contributed by atoms with van der Waals surface area (Å²) in [7, 11) is 1.69. The Morgan fingerprint density at radius 2 is 1.70 bits per heavy atom. The topological polar surface area (TPSA) is 93.6 Å². The summed E-state index contributed by atoms with van der Waals surface area (Å²) in [5, 5.41) is 10.1. The van der Waals surface area contributed by atoms with E-state index in [1.165, 1.54) is 4.90 Å². The van der Waals surface area contributed by atoms with E-state index in [0.29, 0.717) is 25.1 Å². The molecule has 3 aliphatic heterocycles. The molecule has 0 saturated carbocycles. The summed E-state index contributed by atoms with van der Waals surface area (Å²) in [5.74, 6) is -2.36. The molecule has 1 aromatic carbocycles. The van der Waals surface area contributed by atoms with Crippen LogP contribution in [0.4, 0.5) is 11.4 Å². The number of hydrogen-bond donors (Lipinski definition) is 1. The van der Waals surface area contributed by atoms with Crippen molar-refractivity contribution in [1.29, 1.82) is 0 Å². The fraction of sp³-hybridized carbons (Fsp3) is 0.581. The number of aliphatic hydroxyl groups is 1. The molecule has 218 valence electrons. The quantitative estimate of drug-likeness (QED) is 0.401. The highest BCUT2D eigenvalue weighted by Gasteiger charge is 2.78. The summed E-state index contributed by atoms with van der Waals surface area (Å²) >= 11 is 0. The molecule has 1 aromatic rings. The molecular formula is C31H44N4O5. The van der Waals surface area contributed by atoms with Gasteiger partial charge < -0.3 is 29.4 Å². The van der Waals surface area contributed by atoms with Crippen molar-refractivity contribution < 1.29 is 24.2 Å². The molecule has 1 N–H and O–H groups in total. The van der Waals surface area contributed by atoms with Crippen LogP contribution in [0.3, 0.4) is 0 Å². The van der Waals surface area contributed by atoms with Gasteiger partial charge in [0.2, 0.25) is 11.8 Å². The van der Waals surface area contributed by atoms with E-state index in [0.717, 1.165) is 18.8 Å². The number of carbonyl (C=O) groups is 3. The monoisotopic (exact) mass is 552 g/mol. The van der Waals surface area contributed by atoms with Crippen LogP contribution in [0, 0.1) is 11.8 Å². The lowest BCUT2D eigenvalue weighted by atomic mass is 9.66. The zero-order chi connectivity index (χ0) is 29.4. The lowest BCUT2D eigenvalue weighted by Crippen LogP contribution is -2.58. The van der Waals surface area contributed by atoms with E-state index in [-0.39, 0.29) is 30.9 Å². The number of likely N-dealkylation sites (tertiary alicyclic amines) is 1. The minimum atomic E-state index is -1.16. The van der Waals surface area contributed by atoms with Crippen LogP contribution in [0.1, 0.15) is 40.5 Å². The maximum Gasteiger partial charge on any atom is 0.253 e. The van der Waals surface area contributed by atoms with Gasteiger partial charge in [0, 0.05) is 44.6 Å². The Kier molecular flexibility index (Phi) is 8.47. The van der Waals surface area contributed by atoms with Crippen molar-refractivity contribution in [3.05, 3.63) is 49.6 Å². The fourth-order valence-electron chi connectivity index (χ4n) is 7.13. The van der Waals surface area contributed by atoms with Crippen LogP contribution in [-0.4, -0.2) is 95.7 Å². The summed E-state index contributed by atoms with van der Waals surface area (Å²) in [6, 6.07) is 6.18. The SMILES string of the molecule is C=CCN(C)C(=O)[C@@H]1[C@H]2C(=O)N([C@H](C)CO)C(C(=O)N(CC=C)c3ccc(N(CC)CC)cc3)C23CC[C@@]1(C)O3. The second kappa shape index (κ2) is 11.4. The average molecular weight is 553 g/mol. The van der Waals surface area contributed by atoms with Crippen molar-refractivity contribution in [3.63, 3.8) is 0 Å². The molecule has 40 heavy (non-hydrogen) atoms. The largest absolute Gasteiger partial charge is 0.394 e. The van der Waals surface area contributed by atoms with Crippen molar-refractivity contribution in [2.24, 2.45) is 11.8 Å². The van der Waals surface area contributed by atoms with Crippen LogP contribution in [0.5, 0.6) is 0 Å². The Bertz CT molecular complexity index is 1150. The molecular weight excluding hydrogens is 508 g/mol. The average Bonchev–Trinajstić information content (AvgIpc) is 3.52. The van der Waals surface area contributed by atoms with E-state index in [4.69, 9.17) is 4.74 Å². The molecule has 4 rings (SSSR count). The second-order valence-corrected chi connectivity index (χ2v) is 11.4. The van der Waals surface area contributed by atoms with Gasteiger partial charge in [-0.1, -0.05) is 12.2 Å². The first-order valence-corrected chi connectivity index (χ1v) is 14.3. The molecule has 2 unspecified atom stereocenters. The summed E-state index contributed by atoms with van der Waals surface area (Å²) < 4.78 is 6.71. The fourth-order valence-corrected chi connectivity index (χ4v) is 7.13. The smallest absolute Gasteiger partial charge is 0.253 e. The zero-order valence-corrected chi connectivity index (χ0v) is 24.5. The van der Waals surface area contributed by atoms with Gasteiger partial charge in [0.05, 0.1) is 30.1 Å². The van der Waals surface area contributed by atoms with Gasteiger partial charge in [0.25, 0.3) is 5.91 Å². The summed E-state index contributed by atoms with van der Waals surface area (Å²) in [6.07, 6.45) is 4.33. The molecule has 1 spiro atoms. The highest BCUT2D eigenvalue weighted by atomic mass is 16.5. The number of likely N-dealkylation sites (N-methyl/N-ethyl adjacent to an activating group) is 1. The number of anilines is 2. The van der Waals surface area contributed by atoms with Crippen LogP contribution in [-0.2, 0) is 19.1 Å². The Morgan fingerprint density at radius 1 is 1.10 bits per heavy atom. The molecule has 9 heteroatoms. The summed E-state index contributed by atoms with van der Waals surface area (Å²) in [4.78, 5) is 49.3. The number of hydrogen-bond acceptors (Lipinski definition) is 6. The third-order valence-corrected chi connectivity index (χ3v) is 9.10. The minimum Gasteiger partial charge on any atom is -0.394 e. The van der Waals surface area contributed by atoms with Crippen molar-refractivity contribution in [3.8, 4) is 0 Å². The van der Waals surface area contributed by atoms with Crippen LogP contribution in [0.2, 0.25) is 0 Å². The van der Waals surface area contributed by atoms with Crippen LogP contribution in [0.25, 0.3) is 0 Å². The molecule has 2 bridgehead atoms. The molecule has 6 atom stereocenters. The molecule has 3 fully saturated rings. The van der Waals surface area contributed by atoms with Crippen molar-refractivity contribution >= 4 is 29.1 Å². The highest BCUT2D eigenvalue weighted by Crippen LogP contribution is 2.63. The van der Waals surface area contributed by atoms with Crippen LogP contribution < -0.4 is 9.80 Å². The predicted octanol–water partition coefficient (Wildman–Crippen LogP) is 2.84. The minimum absolute atomic E-state index is 0.193. The lowest BCUT2D eigenvalue weighted by molar-refractivity contribution is -0.151. The first-order chi connectivity index (χ1) is 19.0. The third-order valence-electron chi connectivity index (χ3n) is 9.10. The molecule has 3 saturated heterocycles. The number of benzene rings is 1. The molecule has 3 aliphatic rings. The van der Waals surface area contributed by atoms with Gasteiger partial charge >= 0.3 is 0 Å². The Morgan fingerprint density at radius 3 is 2.25 bits per heavy atom. The van der Waals surface area contributed by atoms with Gasteiger partial charge in [-0.15, -0.1) is 13.2 Å². The highest BCUT2D eigenvalue weighted by molar-refractivity contribution is 6.05. The number of nitrogens with zero attached hydrogens (tertiary/aromatic N) is 4. The Hall–Kier alpha value is -3.17. The van der Waals surface area contributed by atoms with Gasteiger partial charge in [-0.2, -0.15) is 0 Å². The Labute approximate surface area is 238 Å². The van der Waals surface area contributed by atoms with E-state index in [9.17, 15) is 19.5 Å². The van der Waals surface area contributed by atoms with Gasteiger partial charge in [-0.25, -0.2) is 0 Å². The van der Waals surface area contributed by atoms with Crippen LogP contribution in [0.15, 0.2) is 49.6 Å². The van der Waals surface area contributed by atoms with Gasteiger partial charge in [0.1, 0.15) is 11.6 Å². The van der Waals surface area contributed by atoms with Crippen molar-refractivity contribution in [2.45, 2.75) is 63.8 Å². The first-order valence-electron chi connectivity index (χ1n) is 14.3. The number of fused-ring (bicyclic) bond motifs is 1. The van der Waals surface area contributed by atoms with Crippen LogP contribution >= 0.6 is 0 Å². The second-order valence-electron chi connectivity index (χ2n) is 11.4. The molecule has 0 aliphatic carbocycles. The van der Waals surface area contributed by atoms with Crippen molar-refractivity contribution in [2.75, 3.05) is 49.6 Å².